The number of amides is 1. The van der Waals surface area contributed by atoms with Crippen molar-refractivity contribution in [2.45, 2.75) is 20.3 Å². The first kappa shape index (κ1) is 18.9. The van der Waals surface area contributed by atoms with Gasteiger partial charge >= 0.3 is 0 Å². The number of nitrogen functional groups attached to an aromatic ring is 1. The first-order valence-corrected chi connectivity index (χ1v) is 7.35. The Hall–Kier alpha value is -3.14. The fourth-order valence-corrected chi connectivity index (χ4v) is 1.71. The van der Waals surface area contributed by atoms with E-state index in [0.717, 1.165) is 0 Å². The Labute approximate surface area is 141 Å². The molecule has 1 heterocycles. The van der Waals surface area contributed by atoms with Crippen LogP contribution in [0.1, 0.15) is 41.9 Å². The smallest absolute Gasteiger partial charge is 0.255 e. The predicted molar refractivity (Wildman–Crippen MR) is 93.0 cm³/mol. The van der Waals surface area contributed by atoms with Gasteiger partial charge in [0.05, 0.1) is 14.2 Å². The van der Waals surface area contributed by atoms with Gasteiger partial charge in [-0.15, -0.1) is 0 Å². The minimum Gasteiger partial charge on any atom is -0.497 e. The highest BCUT2D eigenvalue weighted by Gasteiger charge is 2.14. The zero-order valence-corrected chi connectivity index (χ0v) is 14.3. The molecular formula is C17H22N4O3. The molecule has 1 amide bonds. The van der Waals surface area contributed by atoms with E-state index in [9.17, 15) is 4.79 Å². The summed E-state index contributed by atoms with van der Waals surface area (Å²) >= 11 is 0. The Morgan fingerprint density at radius 3 is 2.17 bits per heavy atom. The van der Waals surface area contributed by atoms with Crippen LogP contribution in [-0.4, -0.2) is 30.3 Å². The van der Waals surface area contributed by atoms with Crippen LogP contribution in [0.25, 0.3) is 0 Å². The number of rotatable bonds is 3. The van der Waals surface area contributed by atoms with Crippen LogP contribution < -0.4 is 20.9 Å². The van der Waals surface area contributed by atoms with E-state index in [0.29, 0.717) is 17.1 Å². The van der Waals surface area contributed by atoms with Gasteiger partial charge in [-0.05, 0) is 18.1 Å². The molecule has 0 aliphatic rings. The number of hydrogen-bond donors (Lipinski definition) is 3. The summed E-state index contributed by atoms with van der Waals surface area (Å²) in [5, 5.41) is 6.29. The molecule has 0 unspecified atom stereocenters. The van der Waals surface area contributed by atoms with Crippen LogP contribution in [0, 0.1) is 11.8 Å². The number of nitrogens with two attached hydrogens (primary N) is 2. The van der Waals surface area contributed by atoms with Crippen molar-refractivity contribution in [2.24, 2.45) is 5.73 Å². The number of nitrogens with one attached hydrogen (secondary N) is 1. The summed E-state index contributed by atoms with van der Waals surface area (Å²) < 4.78 is 10.3. The average Bonchev–Trinajstić information content (AvgIpc) is 2.94. The van der Waals surface area contributed by atoms with Crippen molar-refractivity contribution < 1.29 is 14.3 Å². The third kappa shape index (κ3) is 4.95. The molecule has 0 saturated carbocycles. The van der Waals surface area contributed by atoms with Crippen LogP contribution >= 0.6 is 0 Å². The van der Waals surface area contributed by atoms with Gasteiger partial charge in [0.1, 0.15) is 22.8 Å². The van der Waals surface area contributed by atoms with E-state index < -0.39 is 5.91 Å². The average molecular weight is 330 g/mol. The molecule has 0 spiro atoms. The van der Waals surface area contributed by atoms with Gasteiger partial charge in [0, 0.05) is 11.6 Å². The number of primary amides is 1. The summed E-state index contributed by atoms with van der Waals surface area (Å²) in [6.07, 6.45) is 1.25. The molecule has 0 aliphatic heterocycles. The molecule has 24 heavy (non-hydrogen) atoms. The van der Waals surface area contributed by atoms with E-state index in [2.05, 4.69) is 35.9 Å². The van der Waals surface area contributed by atoms with Gasteiger partial charge in [0.2, 0.25) is 0 Å². The summed E-state index contributed by atoms with van der Waals surface area (Å²) in [6.45, 7) is 4.25. The number of nitrogens with zero attached hydrogens (tertiary/aromatic N) is 1. The van der Waals surface area contributed by atoms with Crippen LogP contribution in [0.2, 0.25) is 0 Å². The fraction of sp³-hybridized carbons (Fsp3) is 0.294. The van der Waals surface area contributed by atoms with Gasteiger partial charge in [-0.2, -0.15) is 5.10 Å². The second-order valence-corrected chi connectivity index (χ2v) is 4.78. The van der Waals surface area contributed by atoms with Gasteiger partial charge in [-0.1, -0.05) is 26.2 Å². The zero-order valence-electron chi connectivity index (χ0n) is 14.3. The third-order valence-corrected chi connectivity index (χ3v) is 2.72. The zero-order chi connectivity index (χ0) is 18.1. The van der Waals surface area contributed by atoms with Crippen LogP contribution in [0.3, 0.4) is 0 Å². The van der Waals surface area contributed by atoms with Crippen molar-refractivity contribution in [2.75, 3.05) is 20.0 Å². The maximum atomic E-state index is 11.3. The quantitative estimate of drug-likeness (QED) is 0.744. The number of carbonyl (C=O) groups excluding carboxylic acids is 1. The summed E-state index contributed by atoms with van der Waals surface area (Å²) in [7, 11) is 3.10. The van der Waals surface area contributed by atoms with Crippen molar-refractivity contribution in [1.82, 2.24) is 10.2 Å². The summed E-state index contributed by atoms with van der Waals surface area (Å²) in [4.78, 5) is 11.3. The molecule has 0 atom stereocenters. The number of benzene rings is 1. The molecule has 2 aromatic rings. The molecule has 0 saturated heterocycles. The lowest BCUT2D eigenvalue weighted by Crippen LogP contribution is -2.13. The number of H-pyrrole nitrogens is 1. The second-order valence-electron chi connectivity index (χ2n) is 4.78. The van der Waals surface area contributed by atoms with Crippen LogP contribution in [-0.2, 0) is 0 Å². The Kier molecular flexibility index (Phi) is 7.17. The van der Waals surface area contributed by atoms with Gasteiger partial charge in [0.25, 0.3) is 5.91 Å². The lowest BCUT2D eigenvalue weighted by Gasteiger charge is -2.04. The standard InChI is InChI=1S/C14H14N4O3.C3H8/c1-20-9-5-8(6-10(7-9)21-2)3-4-11-12(14(16)19)13(15)18-17-11;1-3-2/h5-7H,1-2H3,(H2,16,19)(H3,15,17,18);3H2,1-2H3. The Bertz CT molecular complexity index is 735. The van der Waals surface area contributed by atoms with Gasteiger partial charge < -0.3 is 20.9 Å². The molecular weight excluding hydrogens is 308 g/mol. The van der Waals surface area contributed by atoms with Crippen LogP contribution in [0.5, 0.6) is 11.5 Å². The molecule has 7 heteroatoms. The number of carbonyl (C=O) groups is 1. The van der Waals surface area contributed by atoms with E-state index in [1.165, 1.54) is 6.42 Å². The van der Waals surface area contributed by atoms with Crippen LogP contribution in [0.4, 0.5) is 5.82 Å². The lowest BCUT2D eigenvalue weighted by atomic mass is 10.1. The van der Waals surface area contributed by atoms with Gasteiger partial charge in [-0.25, -0.2) is 0 Å². The molecule has 0 bridgehead atoms. The minimum atomic E-state index is -0.686. The summed E-state index contributed by atoms with van der Waals surface area (Å²) in [5.74, 6) is 6.20. The Balaban J connectivity index is 0.000000891. The highest BCUT2D eigenvalue weighted by Crippen LogP contribution is 2.22. The van der Waals surface area contributed by atoms with Gasteiger partial charge in [-0.3, -0.25) is 9.89 Å². The van der Waals surface area contributed by atoms with E-state index in [-0.39, 0.29) is 17.1 Å². The lowest BCUT2D eigenvalue weighted by molar-refractivity contribution is 0.100. The van der Waals surface area contributed by atoms with E-state index in [1.807, 2.05) is 0 Å². The molecule has 7 nitrogen and oxygen atoms in total. The fourth-order valence-electron chi connectivity index (χ4n) is 1.71. The summed E-state index contributed by atoms with van der Waals surface area (Å²) in [6, 6.07) is 5.20. The summed E-state index contributed by atoms with van der Waals surface area (Å²) in [5.41, 5.74) is 11.8. The number of methoxy groups -OCH3 is 2. The first-order chi connectivity index (χ1) is 11.5. The maximum absolute atomic E-state index is 11.3. The topological polar surface area (TPSA) is 116 Å². The first-order valence-electron chi connectivity index (χ1n) is 7.35. The minimum absolute atomic E-state index is 0.0232. The third-order valence-electron chi connectivity index (χ3n) is 2.72. The van der Waals surface area contributed by atoms with Crippen molar-refractivity contribution in [3.05, 3.63) is 35.0 Å². The van der Waals surface area contributed by atoms with Gasteiger partial charge in [0.15, 0.2) is 5.82 Å². The highest BCUT2D eigenvalue weighted by molar-refractivity contribution is 5.99. The molecule has 128 valence electrons. The molecule has 5 N–H and O–H groups in total. The molecule has 1 aromatic carbocycles. The Morgan fingerprint density at radius 2 is 1.71 bits per heavy atom. The van der Waals surface area contributed by atoms with Crippen molar-refractivity contribution in [1.29, 1.82) is 0 Å². The molecule has 0 fully saturated rings. The number of aromatic nitrogens is 2. The molecule has 0 aliphatic carbocycles. The highest BCUT2D eigenvalue weighted by atomic mass is 16.5. The van der Waals surface area contributed by atoms with E-state index in [4.69, 9.17) is 20.9 Å². The number of anilines is 1. The largest absolute Gasteiger partial charge is 0.497 e. The second kappa shape index (κ2) is 9.10. The monoisotopic (exact) mass is 330 g/mol. The van der Waals surface area contributed by atoms with E-state index in [1.54, 1.807) is 32.4 Å². The number of aromatic amines is 1. The Morgan fingerprint density at radius 1 is 1.17 bits per heavy atom. The normalized spacial score (nSPS) is 9.17. The van der Waals surface area contributed by atoms with Crippen molar-refractivity contribution in [3.8, 4) is 23.3 Å². The van der Waals surface area contributed by atoms with E-state index >= 15 is 0 Å². The number of ether oxygens (including phenoxy) is 2. The van der Waals surface area contributed by atoms with Crippen LogP contribution in [0.15, 0.2) is 18.2 Å². The SMILES string of the molecule is CCC.COc1cc(C#Cc2[nH]nc(N)c2C(N)=O)cc(OC)c1. The van der Waals surface area contributed by atoms with Crippen molar-refractivity contribution >= 4 is 11.7 Å². The number of hydrogen-bond acceptors (Lipinski definition) is 5. The molecule has 2 rings (SSSR count). The maximum Gasteiger partial charge on any atom is 0.255 e. The molecule has 0 radical (unpaired) electrons. The molecule has 1 aromatic heterocycles. The van der Waals surface area contributed by atoms with Crippen molar-refractivity contribution in [3.63, 3.8) is 0 Å². The predicted octanol–water partition coefficient (Wildman–Crippen LogP) is 1.92.